The fourth-order valence-corrected chi connectivity index (χ4v) is 3.98. The van der Waals surface area contributed by atoms with Crippen LogP contribution < -0.4 is 5.32 Å². The molecular weight excluding hydrogens is 236 g/mol. The first-order chi connectivity index (χ1) is 9.22. The van der Waals surface area contributed by atoms with Crippen molar-refractivity contribution < 1.29 is 4.74 Å². The Bertz CT molecular complexity index is 251. The number of piperidine rings is 1. The van der Waals surface area contributed by atoms with Crippen molar-refractivity contribution in [1.29, 1.82) is 0 Å². The molecule has 1 saturated heterocycles. The van der Waals surface area contributed by atoms with Crippen molar-refractivity contribution >= 4 is 0 Å². The van der Waals surface area contributed by atoms with Gasteiger partial charge in [-0.1, -0.05) is 6.92 Å². The van der Waals surface area contributed by atoms with Crippen LogP contribution in [-0.2, 0) is 4.74 Å². The predicted octanol–water partition coefficient (Wildman–Crippen LogP) is 2.37. The summed E-state index contributed by atoms with van der Waals surface area (Å²) < 4.78 is 5.29. The zero-order valence-corrected chi connectivity index (χ0v) is 13.0. The van der Waals surface area contributed by atoms with Gasteiger partial charge in [0.15, 0.2) is 0 Å². The number of hydrogen-bond donors (Lipinski definition) is 1. The van der Waals surface area contributed by atoms with Crippen LogP contribution >= 0.6 is 0 Å². The molecule has 0 amide bonds. The normalized spacial score (nSPS) is 34.6. The van der Waals surface area contributed by atoms with E-state index < -0.39 is 0 Å². The highest BCUT2D eigenvalue weighted by atomic mass is 16.5. The molecule has 112 valence electrons. The molecule has 0 radical (unpaired) electrons. The fourth-order valence-electron chi connectivity index (χ4n) is 3.98. The molecule has 19 heavy (non-hydrogen) atoms. The summed E-state index contributed by atoms with van der Waals surface area (Å²) in [5, 5.41) is 3.55. The Labute approximate surface area is 119 Å². The molecule has 1 aliphatic carbocycles. The highest BCUT2D eigenvalue weighted by Crippen LogP contribution is 2.30. The lowest BCUT2D eigenvalue weighted by Crippen LogP contribution is -2.46. The van der Waals surface area contributed by atoms with E-state index in [1.165, 1.54) is 51.7 Å². The lowest BCUT2D eigenvalue weighted by atomic mass is 9.78. The molecule has 0 aromatic carbocycles. The van der Waals surface area contributed by atoms with Crippen LogP contribution in [0.25, 0.3) is 0 Å². The van der Waals surface area contributed by atoms with Crippen molar-refractivity contribution in [3.8, 4) is 0 Å². The molecule has 1 aliphatic heterocycles. The maximum absolute atomic E-state index is 5.29. The largest absolute Gasteiger partial charge is 0.384 e. The molecule has 3 unspecified atom stereocenters. The van der Waals surface area contributed by atoms with Gasteiger partial charge in [0, 0.05) is 26.3 Å². The SMILES string of the molecule is CNC1CCC(C)CC1CN1CCC(COC)CC1. The van der Waals surface area contributed by atoms with Gasteiger partial charge in [-0.2, -0.15) is 0 Å². The Kier molecular flexibility index (Phi) is 6.11. The Balaban J connectivity index is 1.77. The van der Waals surface area contributed by atoms with Crippen LogP contribution in [0.15, 0.2) is 0 Å². The van der Waals surface area contributed by atoms with Crippen LogP contribution in [0.1, 0.15) is 39.0 Å². The molecule has 2 fully saturated rings. The van der Waals surface area contributed by atoms with Crippen LogP contribution in [0, 0.1) is 17.8 Å². The Hall–Kier alpha value is -0.120. The number of nitrogens with zero attached hydrogens (tertiary/aromatic N) is 1. The van der Waals surface area contributed by atoms with Gasteiger partial charge in [-0.25, -0.2) is 0 Å². The average molecular weight is 268 g/mol. The number of rotatable bonds is 5. The summed E-state index contributed by atoms with van der Waals surface area (Å²) in [5.41, 5.74) is 0. The van der Waals surface area contributed by atoms with Crippen LogP contribution in [0.2, 0.25) is 0 Å². The number of nitrogens with one attached hydrogen (secondary N) is 1. The van der Waals surface area contributed by atoms with E-state index in [2.05, 4.69) is 24.2 Å². The topological polar surface area (TPSA) is 24.5 Å². The molecular formula is C16H32N2O. The maximum Gasteiger partial charge on any atom is 0.0491 e. The van der Waals surface area contributed by atoms with Gasteiger partial charge in [0.1, 0.15) is 0 Å². The first kappa shape index (κ1) is 15.3. The summed E-state index contributed by atoms with van der Waals surface area (Å²) in [5.74, 6) is 2.57. The minimum absolute atomic E-state index is 0.743. The predicted molar refractivity (Wildman–Crippen MR) is 80.4 cm³/mol. The molecule has 1 N–H and O–H groups in total. The average Bonchev–Trinajstić information content (AvgIpc) is 2.42. The first-order valence-corrected chi connectivity index (χ1v) is 8.11. The number of methoxy groups -OCH3 is 1. The summed E-state index contributed by atoms with van der Waals surface area (Å²) in [4.78, 5) is 2.69. The second-order valence-electron chi connectivity index (χ2n) is 6.77. The molecule has 2 rings (SSSR count). The molecule has 3 heteroatoms. The summed E-state index contributed by atoms with van der Waals surface area (Å²) in [6.07, 6.45) is 6.81. The molecule has 0 bridgehead atoms. The van der Waals surface area contributed by atoms with Gasteiger partial charge in [-0.3, -0.25) is 0 Å². The smallest absolute Gasteiger partial charge is 0.0491 e. The van der Waals surface area contributed by atoms with E-state index >= 15 is 0 Å². The van der Waals surface area contributed by atoms with E-state index in [1.807, 2.05) is 7.11 Å². The quantitative estimate of drug-likeness (QED) is 0.828. The van der Waals surface area contributed by atoms with Gasteiger partial charge in [0.05, 0.1) is 0 Å². The standard InChI is InChI=1S/C16H32N2O/c1-13-4-5-16(17-2)15(10-13)11-18-8-6-14(7-9-18)12-19-3/h13-17H,4-12H2,1-3H3. The second kappa shape index (κ2) is 7.61. The molecule has 0 aromatic rings. The van der Waals surface area contributed by atoms with Gasteiger partial charge in [0.2, 0.25) is 0 Å². The summed E-state index contributed by atoms with van der Waals surface area (Å²) in [6.45, 7) is 7.22. The number of likely N-dealkylation sites (tertiary alicyclic amines) is 1. The molecule has 3 atom stereocenters. The van der Waals surface area contributed by atoms with Crippen molar-refractivity contribution in [2.24, 2.45) is 17.8 Å². The fraction of sp³-hybridized carbons (Fsp3) is 1.00. The van der Waals surface area contributed by atoms with Crippen molar-refractivity contribution in [1.82, 2.24) is 10.2 Å². The van der Waals surface area contributed by atoms with Gasteiger partial charge in [-0.05, 0) is 70.0 Å². The van der Waals surface area contributed by atoms with Crippen LogP contribution in [0.3, 0.4) is 0 Å². The molecule has 3 nitrogen and oxygen atoms in total. The highest BCUT2D eigenvalue weighted by Gasteiger charge is 2.30. The minimum Gasteiger partial charge on any atom is -0.384 e. The zero-order valence-electron chi connectivity index (χ0n) is 13.0. The lowest BCUT2D eigenvalue weighted by molar-refractivity contribution is 0.0793. The van der Waals surface area contributed by atoms with E-state index in [0.717, 1.165) is 30.4 Å². The molecule has 0 aromatic heterocycles. The third-order valence-corrected chi connectivity index (χ3v) is 5.22. The van der Waals surface area contributed by atoms with Gasteiger partial charge in [0.25, 0.3) is 0 Å². The first-order valence-electron chi connectivity index (χ1n) is 8.11. The third-order valence-electron chi connectivity index (χ3n) is 5.22. The Morgan fingerprint density at radius 2 is 1.89 bits per heavy atom. The van der Waals surface area contributed by atoms with Crippen LogP contribution in [0.5, 0.6) is 0 Å². The molecule has 1 saturated carbocycles. The summed E-state index contributed by atoms with van der Waals surface area (Å²) in [7, 11) is 3.96. The highest BCUT2D eigenvalue weighted by molar-refractivity contribution is 4.86. The van der Waals surface area contributed by atoms with Gasteiger partial charge in [-0.15, -0.1) is 0 Å². The summed E-state index contributed by atoms with van der Waals surface area (Å²) >= 11 is 0. The van der Waals surface area contributed by atoms with E-state index in [4.69, 9.17) is 4.74 Å². The van der Waals surface area contributed by atoms with Crippen molar-refractivity contribution in [2.45, 2.75) is 45.1 Å². The van der Waals surface area contributed by atoms with Crippen LogP contribution in [0.4, 0.5) is 0 Å². The second-order valence-corrected chi connectivity index (χ2v) is 6.77. The minimum atomic E-state index is 0.743. The van der Waals surface area contributed by atoms with Crippen molar-refractivity contribution in [3.63, 3.8) is 0 Å². The van der Waals surface area contributed by atoms with E-state index in [0.29, 0.717) is 0 Å². The van der Waals surface area contributed by atoms with Gasteiger partial charge < -0.3 is 15.0 Å². The lowest BCUT2D eigenvalue weighted by Gasteiger charge is -2.40. The van der Waals surface area contributed by atoms with Crippen LogP contribution in [-0.4, -0.2) is 51.3 Å². The molecule has 2 aliphatic rings. The third kappa shape index (κ3) is 4.44. The zero-order chi connectivity index (χ0) is 13.7. The summed E-state index contributed by atoms with van der Waals surface area (Å²) in [6, 6.07) is 0.743. The van der Waals surface area contributed by atoms with Crippen molar-refractivity contribution in [3.05, 3.63) is 0 Å². The van der Waals surface area contributed by atoms with Crippen molar-refractivity contribution in [2.75, 3.05) is 40.4 Å². The van der Waals surface area contributed by atoms with E-state index in [1.54, 1.807) is 0 Å². The Morgan fingerprint density at radius 3 is 2.53 bits per heavy atom. The monoisotopic (exact) mass is 268 g/mol. The Morgan fingerprint density at radius 1 is 1.16 bits per heavy atom. The van der Waals surface area contributed by atoms with E-state index in [9.17, 15) is 0 Å². The number of hydrogen-bond acceptors (Lipinski definition) is 3. The van der Waals surface area contributed by atoms with Gasteiger partial charge >= 0.3 is 0 Å². The maximum atomic E-state index is 5.29. The number of ether oxygens (including phenoxy) is 1. The molecule has 0 spiro atoms. The molecule has 1 heterocycles. The van der Waals surface area contributed by atoms with E-state index in [-0.39, 0.29) is 0 Å².